The van der Waals surface area contributed by atoms with Gasteiger partial charge in [0, 0.05) is 10.5 Å². The molecule has 2 aromatic rings. The smallest absolute Gasteiger partial charge is 0.0291 e. The number of halogens is 1. The lowest BCUT2D eigenvalue weighted by Gasteiger charge is -2.14. The monoisotopic (exact) mass is 317 g/mol. The van der Waals surface area contributed by atoms with Crippen molar-refractivity contribution in [2.75, 3.05) is 6.54 Å². The Hall–Kier alpha value is -1.12. The molecule has 2 heteroatoms. The Labute approximate surface area is 124 Å². The Morgan fingerprint density at radius 1 is 1.00 bits per heavy atom. The zero-order chi connectivity index (χ0) is 13.5. The third-order valence-corrected chi connectivity index (χ3v) is 3.83. The van der Waals surface area contributed by atoms with Crippen LogP contribution in [0, 0.1) is 0 Å². The molecule has 0 fully saturated rings. The Balaban J connectivity index is 1.72. The van der Waals surface area contributed by atoms with E-state index < -0.39 is 0 Å². The van der Waals surface area contributed by atoms with Gasteiger partial charge in [0.2, 0.25) is 0 Å². The summed E-state index contributed by atoms with van der Waals surface area (Å²) in [6.45, 7) is 3.26. The Kier molecular flexibility index (Phi) is 5.62. The number of rotatable bonds is 6. The molecule has 0 aliphatic rings. The van der Waals surface area contributed by atoms with Crippen LogP contribution in [0.4, 0.5) is 0 Å². The number of nitrogens with one attached hydrogen (secondary N) is 1. The molecule has 2 rings (SSSR count). The van der Waals surface area contributed by atoms with Crippen molar-refractivity contribution in [2.24, 2.45) is 0 Å². The van der Waals surface area contributed by atoms with Crippen LogP contribution >= 0.6 is 15.9 Å². The molecule has 0 aromatic heterocycles. The molecule has 1 N–H and O–H groups in total. The van der Waals surface area contributed by atoms with E-state index in [0.29, 0.717) is 6.04 Å². The van der Waals surface area contributed by atoms with Crippen LogP contribution in [0.3, 0.4) is 0 Å². The van der Waals surface area contributed by atoms with Crippen LogP contribution in [-0.2, 0) is 6.42 Å². The average Bonchev–Trinajstić information content (AvgIpc) is 2.45. The third kappa shape index (κ3) is 4.81. The molecular formula is C17H20BrN. The van der Waals surface area contributed by atoms with Gasteiger partial charge in [-0.2, -0.15) is 0 Å². The van der Waals surface area contributed by atoms with Crippen molar-refractivity contribution >= 4 is 15.9 Å². The summed E-state index contributed by atoms with van der Waals surface area (Å²) in [4.78, 5) is 0. The summed E-state index contributed by atoms with van der Waals surface area (Å²) in [7, 11) is 0. The number of aryl methyl sites for hydroxylation is 1. The minimum atomic E-state index is 0.406. The Bertz CT molecular complexity index is 478. The van der Waals surface area contributed by atoms with E-state index in [1.54, 1.807) is 0 Å². The first-order valence-electron chi connectivity index (χ1n) is 6.78. The van der Waals surface area contributed by atoms with E-state index in [2.05, 4.69) is 82.8 Å². The first kappa shape index (κ1) is 14.3. The van der Waals surface area contributed by atoms with Crippen LogP contribution in [0.1, 0.15) is 30.5 Å². The van der Waals surface area contributed by atoms with E-state index in [1.165, 1.54) is 17.5 Å². The fraction of sp³-hybridized carbons (Fsp3) is 0.294. The van der Waals surface area contributed by atoms with Gasteiger partial charge in [-0.15, -0.1) is 0 Å². The second-order valence-corrected chi connectivity index (χ2v) is 5.73. The van der Waals surface area contributed by atoms with Crippen LogP contribution in [0.5, 0.6) is 0 Å². The SMILES string of the molecule is C[C@@H](NCCCc1ccccc1)c1ccc(Br)cc1. The summed E-state index contributed by atoms with van der Waals surface area (Å²) >= 11 is 3.46. The maximum Gasteiger partial charge on any atom is 0.0291 e. The largest absolute Gasteiger partial charge is 0.310 e. The quantitative estimate of drug-likeness (QED) is 0.759. The summed E-state index contributed by atoms with van der Waals surface area (Å²) < 4.78 is 1.13. The highest BCUT2D eigenvalue weighted by Gasteiger charge is 2.03. The molecule has 100 valence electrons. The zero-order valence-corrected chi connectivity index (χ0v) is 12.9. The Morgan fingerprint density at radius 3 is 2.37 bits per heavy atom. The number of hydrogen-bond donors (Lipinski definition) is 1. The normalized spacial score (nSPS) is 12.3. The summed E-state index contributed by atoms with van der Waals surface area (Å²) in [5.41, 5.74) is 2.75. The van der Waals surface area contributed by atoms with Gasteiger partial charge in [0.25, 0.3) is 0 Å². The molecule has 19 heavy (non-hydrogen) atoms. The zero-order valence-electron chi connectivity index (χ0n) is 11.3. The predicted molar refractivity (Wildman–Crippen MR) is 85.3 cm³/mol. The molecule has 1 nitrogen and oxygen atoms in total. The van der Waals surface area contributed by atoms with E-state index in [4.69, 9.17) is 0 Å². The molecule has 2 aromatic carbocycles. The van der Waals surface area contributed by atoms with Crippen LogP contribution in [-0.4, -0.2) is 6.54 Å². The second kappa shape index (κ2) is 7.46. The van der Waals surface area contributed by atoms with Gasteiger partial charge in [0.05, 0.1) is 0 Å². The summed E-state index contributed by atoms with van der Waals surface area (Å²) in [5.74, 6) is 0. The highest BCUT2D eigenvalue weighted by atomic mass is 79.9. The molecule has 0 aliphatic carbocycles. The van der Waals surface area contributed by atoms with E-state index in [0.717, 1.165) is 17.4 Å². The van der Waals surface area contributed by atoms with Crippen molar-refractivity contribution in [1.82, 2.24) is 5.32 Å². The van der Waals surface area contributed by atoms with Gasteiger partial charge in [0.1, 0.15) is 0 Å². The summed E-state index contributed by atoms with van der Waals surface area (Å²) in [5, 5.41) is 3.57. The second-order valence-electron chi connectivity index (χ2n) is 4.82. The van der Waals surface area contributed by atoms with Gasteiger partial charge in [-0.3, -0.25) is 0 Å². The van der Waals surface area contributed by atoms with Gasteiger partial charge in [-0.25, -0.2) is 0 Å². The lowest BCUT2D eigenvalue weighted by atomic mass is 10.1. The van der Waals surface area contributed by atoms with Crippen LogP contribution in [0.15, 0.2) is 59.1 Å². The first-order valence-corrected chi connectivity index (χ1v) is 7.58. The van der Waals surface area contributed by atoms with Gasteiger partial charge >= 0.3 is 0 Å². The summed E-state index contributed by atoms with van der Waals surface area (Å²) in [6.07, 6.45) is 2.31. The summed E-state index contributed by atoms with van der Waals surface area (Å²) in [6, 6.07) is 19.6. The van der Waals surface area contributed by atoms with Crippen molar-refractivity contribution in [2.45, 2.75) is 25.8 Å². The maximum atomic E-state index is 3.57. The molecule has 0 radical (unpaired) electrons. The van der Waals surface area contributed by atoms with E-state index in [1.807, 2.05) is 0 Å². The van der Waals surface area contributed by atoms with E-state index >= 15 is 0 Å². The van der Waals surface area contributed by atoms with Crippen LogP contribution in [0.2, 0.25) is 0 Å². The number of hydrogen-bond acceptors (Lipinski definition) is 1. The molecule has 0 saturated carbocycles. The van der Waals surface area contributed by atoms with Crippen LogP contribution < -0.4 is 5.32 Å². The molecule has 0 aliphatic heterocycles. The molecule has 0 spiro atoms. The number of benzene rings is 2. The van der Waals surface area contributed by atoms with Crippen molar-refractivity contribution in [3.8, 4) is 0 Å². The molecule has 0 saturated heterocycles. The standard InChI is InChI=1S/C17H20BrN/c1-14(16-9-11-17(18)12-10-16)19-13-5-8-15-6-3-2-4-7-15/h2-4,6-7,9-12,14,19H,5,8,13H2,1H3/t14-/m1/s1. The van der Waals surface area contributed by atoms with E-state index in [9.17, 15) is 0 Å². The topological polar surface area (TPSA) is 12.0 Å². The van der Waals surface area contributed by atoms with E-state index in [-0.39, 0.29) is 0 Å². The van der Waals surface area contributed by atoms with Gasteiger partial charge in [-0.05, 0) is 49.6 Å². The average molecular weight is 318 g/mol. The van der Waals surface area contributed by atoms with Crippen molar-refractivity contribution in [3.05, 3.63) is 70.2 Å². The molecule has 0 unspecified atom stereocenters. The highest BCUT2D eigenvalue weighted by molar-refractivity contribution is 9.10. The maximum absolute atomic E-state index is 3.57. The Morgan fingerprint density at radius 2 is 1.68 bits per heavy atom. The van der Waals surface area contributed by atoms with Gasteiger partial charge < -0.3 is 5.32 Å². The van der Waals surface area contributed by atoms with Gasteiger partial charge in [0.15, 0.2) is 0 Å². The predicted octanol–water partition coefficient (Wildman–Crippen LogP) is 4.73. The van der Waals surface area contributed by atoms with Crippen molar-refractivity contribution in [1.29, 1.82) is 0 Å². The minimum absolute atomic E-state index is 0.406. The van der Waals surface area contributed by atoms with Gasteiger partial charge in [-0.1, -0.05) is 58.4 Å². The fourth-order valence-electron chi connectivity index (χ4n) is 2.13. The van der Waals surface area contributed by atoms with Crippen molar-refractivity contribution in [3.63, 3.8) is 0 Å². The molecule has 0 bridgehead atoms. The first-order chi connectivity index (χ1) is 9.25. The highest BCUT2D eigenvalue weighted by Crippen LogP contribution is 2.16. The minimum Gasteiger partial charge on any atom is -0.310 e. The molecule has 1 atom stereocenters. The van der Waals surface area contributed by atoms with Crippen molar-refractivity contribution < 1.29 is 0 Å². The van der Waals surface area contributed by atoms with Crippen LogP contribution in [0.25, 0.3) is 0 Å². The lowest BCUT2D eigenvalue weighted by molar-refractivity contribution is 0.558. The lowest BCUT2D eigenvalue weighted by Crippen LogP contribution is -2.20. The third-order valence-electron chi connectivity index (χ3n) is 3.31. The fourth-order valence-corrected chi connectivity index (χ4v) is 2.39. The molecular weight excluding hydrogens is 298 g/mol. The molecule has 0 heterocycles. The molecule has 0 amide bonds.